The van der Waals surface area contributed by atoms with Crippen LogP contribution in [0.25, 0.3) is 10.8 Å². The van der Waals surface area contributed by atoms with Crippen molar-refractivity contribution in [2.75, 3.05) is 12.4 Å². The average molecular weight is 582 g/mol. The number of anilines is 1. The molecule has 9 nitrogen and oxygen atoms in total. The van der Waals surface area contributed by atoms with Crippen LogP contribution in [0.5, 0.6) is 11.5 Å². The normalized spacial score (nSPS) is 11.4. The fourth-order valence-electron chi connectivity index (χ4n) is 3.61. The van der Waals surface area contributed by atoms with Gasteiger partial charge in [-0.05, 0) is 48.2 Å². The Labute approximate surface area is 250 Å². The van der Waals surface area contributed by atoms with E-state index in [1.807, 2.05) is 0 Å². The van der Waals surface area contributed by atoms with Crippen molar-refractivity contribution in [2.45, 2.75) is 11.8 Å². The summed E-state index contributed by atoms with van der Waals surface area (Å²) in [6, 6.07) is 15.4. The number of halogens is 2. The van der Waals surface area contributed by atoms with Gasteiger partial charge in [-0.1, -0.05) is 59.3 Å². The molecule has 0 bridgehead atoms. The fourth-order valence-corrected chi connectivity index (χ4v) is 4.89. The molecule has 2 N–H and O–H groups in total. The molecule has 0 spiro atoms. The molecule has 0 aliphatic heterocycles. The van der Waals surface area contributed by atoms with Crippen molar-refractivity contribution in [3.63, 3.8) is 0 Å². The zero-order valence-corrected chi connectivity index (χ0v) is 24.6. The third-order valence-electron chi connectivity index (χ3n) is 5.44. The number of hydrogen-bond acceptors (Lipinski definition) is 7. The predicted molar refractivity (Wildman–Crippen MR) is 140 cm³/mol. The maximum Gasteiger partial charge on any atom is 1.00 e. The molecule has 190 valence electrons. The standard InChI is InChI=1S/C25H19Cl2N3O6S.Na/c1-13-7-10-20(37(33,34)35)21(27)22(13)29-30-23-16-6-4-3-5-14(16)11-17(24(23)31)25(32)28-18-12-15(26)8-9-19(18)36-2;/h3-12,31H,1-2H3,(H,28,32)(H,33,34,35);/q;+1/p-1. The number of azo groups is 1. The van der Waals surface area contributed by atoms with Crippen molar-refractivity contribution in [3.05, 3.63) is 81.8 Å². The summed E-state index contributed by atoms with van der Waals surface area (Å²) in [7, 11) is -3.20. The largest absolute Gasteiger partial charge is 1.00 e. The molecule has 0 radical (unpaired) electrons. The van der Waals surface area contributed by atoms with Crippen LogP contribution in [0, 0.1) is 6.92 Å². The van der Waals surface area contributed by atoms with Crippen molar-refractivity contribution in [2.24, 2.45) is 10.2 Å². The van der Waals surface area contributed by atoms with Crippen LogP contribution in [-0.2, 0) is 10.1 Å². The summed E-state index contributed by atoms with van der Waals surface area (Å²) < 4.78 is 38.0. The first-order valence-electron chi connectivity index (χ1n) is 10.6. The smallest absolute Gasteiger partial charge is 0.870 e. The number of ether oxygens (including phenoxy) is 1. The maximum atomic E-state index is 13.4. The van der Waals surface area contributed by atoms with Crippen molar-refractivity contribution in [3.8, 4) is 11.5 Å². The Morgan fingerprint density at radius 3 is 2.39 bits per heavy atom. The number of carbonyl (C=O) groups is 1. The summed E-state index contributed by atoms with van der Waals surface area (Å²) in [5.74, 6) is -1.11. The second kappa shape index (κ2) is 12.0. The number of methoxy groups -OCH3 is 1. The van der Waals surface area contributed by atoms with Gasteiger partial charge in [0, 0.05) is 16.0 Å². The van der Waals surface area contributed by atoms with Crippen LogP contribution in [0.3, 0.4) is 0 Å². The van der Waals surface area contributed by atoms with Crippen molar-refractivity contribution >= 4 is 67.1 Å². The summed E-state index contributed by atoms with van der Waals surface area (Å²) in [6.45, 7) is 1.60. The molecule has 4 rings (SSSR count). The molecular weight excluding hydrogens is 564 g/mol. The third-order valence-corrected chi connectivity index (χ3v) is 7.07. The van der Waals surface area contributed by atoms with Gasteiger partial charge in [-0.15, -0.1) is 5.11 Å². The van der Waals surface area contributed by atoms with E-state index in [-0.39, 0.29) is 57.2 Å². The van der Waals surface area contributed by atoms with E-state index >= 15 is 0 Å². The van der Waals surface area contributed by atoms with Gasteiger partial charge in [-0.3, -0.25) is 9.35 Å². The number of carbonyl (C=O) groups excluding carboxylic acids is 1. The minimum atomic E-state index is -4.62. The minimum absolute atomic E-state index is 0. The molecule has 0 fully saturated rings. The van der Waals surface area contributed by atoms with Crippen molar-refractivity contribution < 1.29 is 57.2 Å². The van der Waals surface area contributed by atoms with E-state index in [1.165, 1.54) is 25.3 Å². The van der Waals surface area contributed by atoms with E-state index in [0.29, 0.717) is 27.1 Å². The van der Waals surface area contributed by atoms with Gasteiger partial charge in [0.2, 0.25) is 0 Å². The number of hydrogen-bond donors (Lipinski definition) is 2. The molecule has 0 saturated carbocycles. The van der Waals surface area contributed by atoms with Crippen LogP contribution in [0.2, 0.25) is 10.0 Å². The fraction of sp³-hybridized carbons (Fsp3) is 0.0800. The van der Waals surface area contributed by atoms with Gasteiger partial charge in [0.25, 0.3) is 16.0 Å². The molecule has 4 aromatic carbocycles. The predicted octanol–water partition coefficient (Wildman–Crippen LogP) is 3.46. The van der Waals surface area contributed by atoms with E-state index in [0.717, 1.165) is 6.07 Å². The summed E-state index contributed by atoms with van der Waals surface area (Å²) in [5.41, 5.74) is 0.275. The Morgan fingerprint density at radius 2 is 1.71 bits per heavy atom. The Hall–Kier alpha value is -2.70. The summed E-state index contributed by atoms with van der Waals surface area (Å²) in [6.07, 6.45) is 0. The quantitative estimate of drug-likeness (QED) is 0.203. The summed E-state index contributed by atoms with van der Waals surface area (Å²) >= 11 is 12.2. The van der Waals surface area contributed by atoms with Gasteiger partial charge in [-0.2, -0.15) is 13.5 Å². The molecule has 0 aromatic heterocycles. The monoisotopic (exact) mass is 581 g/mol. The molecule has 0 heterocycles. The van der Waals surface area contributed by atoms with Crippen LogP contribution in [0.4, 0.5) is 17.1 Å². The maximum absolute atomic E-state index is 13.4. The topological polar surface area (TPSA) is 140 Å². The first-order valence-corrected chi connectivity index (χ1v) is 12.8. The van der Waals surface area contributed by atoms with Gasteiger partial charge < -0.3 is 15.2 Å². The Kier molecular flexibility index (Phi) is 9.43. The number of nitrogens with zero attached hydrogens (tertiary/aromatic N) is 2. The van der Waals surface area contributed by atoms with Gasteiger partial charge in [0.05, 0.1) is 23.5 Å². The van der Waals surface area contributed by atoms with E-state index < -0.39 is 26.7 Å². The minimum Gasteiger partial charge on any atom is -0.870 e. The second-order valence-corrected chi connectivity index (χ2v) is 10.0. The van der Waals surface area contributed by atoms with Crippen LogP contribution in [-0.4, -0.2) is 26.0 Å². The Bertz CT molecular complexity index is 1700. The molecule has 4 aromatic rings. The zero-order chi connectivity index (χ0) is 26.9. The molecule has 38 heavy (non-hydrogen) atoms. The molecule has 1 amide bonds. The van der Waals surface area contributed by atoms with Crippen molar-refractivity contribution in [1.29, 1.82) is 0 Å². The molecule has 0 aliphatic carbocycles. The first kappa shape index (κ1) is 29.9. The summed E-state index contributed by atoms with van der Waals surface area (Å²) in [4.78, 5) is 12.6. The van der Waals surface area contributed by atoms with Gasteiger partial charge in [0.15, 0.2) is 0 Å². The Balaban J connectivity index is 0.00000400. The molecule has 0 atom stereocenters. The number of aryl methyl sites for hydroxylation is 1. The van der Waals surface area contributed by atoms with E-state index in [4.69, 9.17) is 27.9 Å². The number of amides is 1. The van der Waals surface area contributed by atoms with E-state index in [9.17, 15) is 22.9 Å². The Morgan fingerprint density at radius 1 is 1.03 bits per heavy atom. The number of rotatable bonds is 6. The number of benzene rings is 4. The third kappa shape index (κ3) is 6.13. The van der Waals surface area contributed by atoms with Gasteiger partial charge in [-0.25, -0.2) is 0 Å². The number of nitrogens with one attached hydrogen (secondary N) is 1. The van der Waals surface area contributed by atoms with Crippen LogP contribution >= 0.6 is 23.2 Å². The van der Waals surface area contributed by atoms with Gasteiger partial charge in [0.1, 0.15) is 16.3 Å². The van der Waals surface area contributed by atoms with Crippen LogP contribution in [0.15, 0.2) is 75.8 Å². The molecule has 0 aliphatic rings. The van der Waals surface area contributed by atoms with E-state index in [2.05, 4.69) is 15.5 Å². The number of fused-ring (bicyclic) bond motifs is 1. The van der Waals surface area contributed by atoms with Gasteiger partial charge >= 0.3 is 29.6 Å². The molecular formula is C25H18Cl2N3NaO6S. The van der Waals surface area contributed by atoms with Crippen LogP contribution < -0.4 is 44.7 Å². The second-order valence-electron chi connectivity index (χ2n) is 7.84. The zero-order valence-electron chi connectivity index (χ0n) is 20.3. The van der Waals surface area contributed by atoms with Crippen molar-refractivity contribution in [1.82, 2.24) is 0 Å². The van der Waals surface area contributed by atoms with Crippen LogP contribution in [0.1, 0.15) is 15.9 Å². The SMILES string of the molecule is COc1ccc(Cl)cc1NC(=O)c1cc2ccccc2c(N=Nc2c(C)ccc(S(=O)(=O)O)c2Cl)c1[O-].[Na+]. The average Bonchev–Trinajstić information content (AvgIpc) is 2.84. The molecule has 0 unspecified atom stereocenters. The molecule has 0 saturated heterocycles. The molecule has 13 heteroatoms. The summed E-state index contributed by atoms with van der Waals surface area (Å²) in [5, 5.41) is 25.1. The first-order chi connectivity index (χ1) is 17.5. The van der Waals surface area contributed by atoms with E-state index in [1.54, 1.807) is 43.3 Å².